The predicted molar refractivity (Wildman–Crippen MR) is 120 cm³/mol. The van der Waals surface area contributed by atoms with Crippen molar-refractivity contribution in [1.29, 1.82) is 0 Å². The van der Waals surface area contributed by atoms with Crippen LogP contribution in [0.2, 0.25) is 5.02 Å². The number of hydrogen-bond donors (Lipinski definition) is 2. The molecule has 1 aliphatic heterocycles. The zero-order valence-electron chi connectivity index (χ0n) is 17.3. The quantitative estimate of drug-likeness (QED) is 0.516. The van der Waals surface area contributed by atoms with Crippen LogP contribution in [-0.2, 0) is 10.0 Å². The van der Waals surface area contributed by atoms with E-state index in [4.69, 9.17) is 16.3 Å². The first kappa shape index (κ1) is 23.3. The van der Waals surface area contributed by atoms with Gasteiger partial charge in [-0.05, 0) is 42.6 Å². The molecular formula is C22H21ClF2N4O3S. The molecular weight excluding hydrogens is 474 g/mol. The van der Waals surface area contributed by atoms with Crippen LogP contribution in [0.4, 0.5) is 14.6 Å². The van der Waals surface area contributed by atoms with Crippen molar-refractivity contribution in [2.24, 2.45) is 5.92 Å². The van der Waals surface area contributed by atoms with Gasteiger partial charge in [-0.15, -0.1) is 0 Å². The Morgan fingerprint density at radius 1 is 1.15 bits per heavy atom. The third-order valence-corrected chi connectivity index (χ3v) is 7.08. The molecule has 4 rings (SSSR count). The molecule has 3 aromatic rings. The van der Waals surface area contributed by atoms with Crippen LogP contribution in [0.3, 0.4) is 0 Å². The smallest absolute Gasteiger partial charge is 0.266 e. The number of piperidine rings is 1. The Labute approximate surface area is 195 Å². The van der Waals surface area contributed by atoms with Gasteiger partial charge < -0.3 is 10.1 Å². The van der Waals surface area contributed by atoms with Gasteiger partial charge in [0.05, 0.1) is 6.61 Å². The van der Waals surface area contributed by atoms with Crippen LogP contribution >= 0.6 is 11.6 Å². The van der Waals surface area contributed by atoms with Crippen molar-refractivity contribution in [2.75, 3.05) is 24.4 Å². The average Bonchev–Trinajstić information content (AvgIpc) is 2.80. The summed E-state index contributed by atoms with van der Waals surface area (Å²) in [6, 6.07) is 10.2. The minimum atomic E-state index is -4.40. The maximum atomic E-state index is 14.7. The van der Waals surface area contributed by atoms with Crippen molar-refractivity contribution < 1.29 is 21.9 Å². The Morgan fingerprint density at radius 2 is 1.94 bits per heavy atom. The number of aromatic nitrogens is 2. The van der Waals surface area contributed by atoms with E-state index in [1.54, 1.807) is 0 Å². The molecule has 1 unspecified atom stereocenters. The van der Waals surface area contributed by atoms with E-state index in [-0.39, 0.29) is 30.0 Å². The number of rotatable bonds is 7. The fourth-order valence-corrected chi connectivity index (χ4v) is 5.02. The molecule has 11 heteroatoms. The van der Waals surface area contributed by atoms with Crippen LogP contribution in [0.5, 0.6) is 5.75 Å². The molecule has 2 aromatic carbocycles. The van der Waals surface area contributed by atoms with Crippen molar-refractivity contribution in [3.63, 3.8) is 0 Å². The highest BCUT2D eigenvalue weighted by Crippen LogP contribution is 2.33. The Balaban J connectivity index is 1.49. The molecule has 2 atom stereocenters. The summed E-state index contributed by atoms with van der Waals surface area (Å²) in [6.07, 6.45) is 3.30. The Bertz CT molecular complexity index is 1210. The summed E-state index contributed by atoms with van der Waals surface area (Å²) < 4.78 is 62.0. The van der Waals surface area contributed by atoms with Gasteiger partial charge in [-0.25, -0.2) is 27.2 Å². The van der Waals surface area contributed by atoms with Gasteiger partial charge in [-0.2, -0.15) is 0 Å². The van der Waals surface area contributed by atoms with Crippen molar-refractivity contribution in [3.05, 3.63) is 77.2 Å². The molecule has 0 radical (unpaired) electrons. The highest BCUT2D eigenvalue weighted by molar-refractivity contribution is 7.92. The highest BCUT2D eigenvalue weighted by Gasteiger charge is 2.28. The molecule has 1 saturated heterocycles. The van der Waals surface area contributed by atoms with Crippen molar-refractivity contribution in [1.82, 2.24) is 15.3 Å². The second-order valence-corrected chi connectivity index (χ2v) is 9.72. The first-order chi connectivity index (χ1) is 15.8. The molecule has 0 aliphatic carbocycles. The second kappa shape index (κ2) is 9.98. The molecule has 0 saturated carbocycles. The molecule has 1 fully saturated rings. The van der Waals surface area contributed by atoms with Gasteiger partial charge in [-0.1, -0.05) is 23.7 Å². The van der Waals surface area contributed by atoms with E-state index in [0.717, 1.165) is 30.9 Å². The highest BCUT2D eigenvalue weighted by atomic mass is 35.5. The second-order valence-electron chi connectivity index (χ2n) is 7.64. The van der Waals surface area contributed by atoms with E-state index in [0.29, 0.717) is 17.6 Å². The zero-order chi connectivity index (χ0) is 23.4. The Kier molecular flexibility index (Phi) is 7.06. The molecule has 7 nitrogen and oxygen atoms in total. The van der Waals surface area contributed by atoms with Crippen LogP contribution in [0.15, 0.2) is 59.9 Å². The number of ether oxygens (including phenoxy) is 1. The molecule has 1 aromatic heterocycles. The maximum absolute atomic E-state index is 14.7. The van der Waals surface area contributed by atoms with E-state index in [9.17, 15) is 17.2 Å². The Hall–Kier alpha value is -2.82. The van der Waals surface area contributed by atoms with E-state index in [1.807, 2.05) is 24.3 Å². The van der Waals surface area contributed by atoms with Gasteiger partial charge in [0.25, 0.3) is 10.0 Å². The number of anilines is 1. The fourth-order valence-electron chi connectivity index (χ4n) is 3.81. The summed E-state index contributed by atoms with van der Waals surface area (Å²) in [5, 5.41) is 3.93. The summed E-state index contributed by atoms with van der Waals surface area (Å²) in [7, 11) is -4.40. The summed E-state index contributed by atoms with van der Waals surface area (Å²) in [5.41, 5.74) is 1.10. The molecule has 0 spiro atoms. The molecule has 2 heterocycles. The summed E-state index contributed by atoms with van der Waals surface area (Å²) in [5.74, 6) is -2.37. The van der Waals surface area contributed by atoms with Gasteiger partial charge in [0.2, 0.25) is 0 Å². The molecule has 33 heavy (non-hydrogen) atoms. The van der Waals surface area contributed by atoms with E-state index in [2.05, 4.69) is 20.0 Å². The number of nitrogens with one attached hydrogen (secondary N) is 2. The first-order valence-electron chi connectivity index (χ1n) is 10.2. The van der Waals surface area contributed by atoms with Gasteiger partial charge in [0.15, 0.2) is 11.6 Å². The van der Waals surface area contributed by atoms with E-state index < -0.39 is 26.6 Å². The van der Waals surface area contributed by atoms with E-state index in [1.165, 1.54) is 12.3 Å². The minimum absolute atomic E-state index is 0.00484. The first-order valence-corrected chi connectivity index (χ1v) is 12.1. The molecule has 1 aliphatic rings. The number of benzene rings is 2. The Morgan fingerprint density at radius 3 is 2.67 bits per heavy atom. The lowest BCUT2D eigenvalue weighted by molar-refractivity contribution is 0.190. The lowest BCUT2D eigenvalue weighted by Gasteiger charge is -2.32. The van der Waals surface area contributed by atoms with Gasteiger partial charge in [0, 0.05) is 35.8 Å². The van der Waals surface area contributed by atoms with E-state index >= 15 is 0 Å². The lowest BCUT2D eigenvalue weighted by atomic mass is 9.81. The summed E-state index contributed by atoms with van der Waals surface area (Å²) in [6.45, 7) is 1.60. The lowest BCUT2D eigenvalue weighted by Crippen LogP contribution is -2.38. The number of halogens is 3. The number of hydrogen-bond acceptors (Lipinski definition) is 6. The van der Waals surface area contributed by atoms with Gasteiger partial charge in [-0.3, -0.25) is 4.72 Å². The van der Waals surface area contributed by atoms with Gasteiger partial charge >= 0.3 is 0 Å². The van der Waals surface area contributed by atoms with Crippen LogP contribution in [-0.4, -0.2) is 38.1 Å². The molecule has 0 bridgehead atoms. The largest absolute Gasteiger partial charge is 0.490 e. The van der Waals surface area contributed by atoms with Crippen LogP contribution in [0, 0.1) is 17.6 Å². The average molecular weight is 495 g/mol. The molecule has 2 N–H and O–H groups in total. The summed E-state index contributed by atoms with van der Waals surface area (Å²) >= 11 is 5.98. The zero-order valence-corrected chi connectivity index (χ0v) is 18.9. The third kappa shape index (κ3) is 5.58. The topological polar surface area (TPSA) is 93.2 Å². The third-order valence-electron chi connectivity index (χ3n) is 5.46. The number of sulfonamides is 1. The number of nitrogens with zero attached hydrogens (tertiary/aromatic N) is 2. The van der Waals surface area contributed by atoms with Gasteiger partial charge in [0.1, 0.15) is 22.9 Å². The summed E-state index contributed by atoms with van der Waals surface area (Å²) in [4.78, 5) is 6.55. The fraction of sp³-hybridized carbons (Fsp3) is 0.273. The van der Waals surface area contributed by atoms with Crippen molar-refractivity contribution >= 4 is 27.4 Å². The molecule has 174 valence electrons. The SMILES string of the molecule is O=S(=O)(Nc1ccncn1)c1cc(F)c(OC[C@@H]2CNCCC2c2ccc(Cl)cc2)cc1F. The standard InChI is InChI=1S/C22H21ClF2N4O3S/c23-16-3-1-14(2-4-16)17-5-7-26-11-15(17)12-32-20-9-19(25)21(10-18(20)24)33(30,31)29-22-6-8-27-13-28-22/h1-4,6,8-10,13,15,17,26H,5,7,11-12H2,(H,27,28,29)/t15-,17?/m0/s1. The van der Waals surface area contributed by atoms with Crippen molar-refractivity contribution in [3.8, 4) is 5.75 Å². The van der Waals surface area contributed by atoms with Crippen LogP contribution in [0.1, 0.15) is 17.9 Å². The van der Waals surface area contributed by atoms with Crippen molar-refractivity contribution in [2.45, 2.75) is 17.2 Å². The predicted octanol–water partition coefficient (Wildman–Crippen LogP) is 3.98. The monoisotopic (exact) mass is 494 g/mol. The van der Waals surface area contributed by atoms with Crippen LogP contribution in [0.25, 0.3) is 0 Å². The normalized spacial score (nSPS) is 18.6. The minimum Gasteiger partial charge on any atom is -0.490 e. The molecule has 0 amide bonds. The maximum Gasteiger partial charge on any atom is 0.266 e. The van der Waals surface area contributed by atoms with Crippen LogP contribution < -0.4 is 14.8 Å².